The lowest BCUT2D eigenvalue weighted by atomic mass is 10.1. The summed E-state index contributed by atoms with van der Waals surface area (Å²) in [5.41, 5.74) is 2.47. The van der Waals surface area contributed by atoms with Crippen molar-refractivity contribution in [1.82, 2.24) is 0 Å². The molecule has 1 unspecified atom stereocenters. The lowest BCUT2D eigenvalue weighted by molar-refractivity contribution is -0.688. The molecule has 0 aliphatic heterocycles. The molecule has 1 aromatic rings. The maximum absolute atomic E-state index is 9.73. The predicted molar refractivity (Wildman–Crippen MR) is 69.3 cm³/mol. The van der Waals surface area contributed by atoms with E-state index in [1.165, 1.54) is 11.1 Å². The standard InChI is InChI=1S/C14H23NO2/c1-10(2)15-8-13(16)9-17-14-6-5-11(3)12(4)7-14/h5-7,10,13,15-16H,8-9H2,1-4H3/p+1. The molecule has 0 aliphatic rings. The molecule has 17 heavy (non-hydrogen) atoms. The molecule has 96 valence electrons. The highest BCUT2D eigenvalue weighted by atomic mass is 16.5. The highest BCUT2D eigenvalue weighted by Gasteiger charge is 2.08. The van der Waals surface area contributed by atoms with Gasteiger partial charge in [0, 0.05) is 0 Å². The summed E-state index contributed by atoms with van der Waals surface area (Å²) in [4.78, 5) is 0. The number of quaternary nitrogens is 1. The lowest BCUT2D eigenvalue weighted by Gasteiger charge is -2.13. The Morgan fingerprint density at radius 2 is 1.94 bits per heavy atom. The number of benzene rings is 1. The maximum Gasteiger partial charge on any atom is 0.137 e. The van der Waals surface area contributed by atoms with E-state index in [0.717, 1.165) is 5.75 Å². The van der Waals surface area contributed by atoms with Crippen LogP contribution in [0.4, 0.5) is 0 Å². The van der Waals surface area contributed by atoms with Crippen molar-refractivity contribution in [2.45, 2.75) is 39.8 Å². The Morgan fingerprint density at radius 1 is 1.24 bits per heavy atom. The van der Waals surface area contributed by atoms with Gasteiger partial charge in [-0.15, -0.1) is 0 Å². The van der Waals surface area contributed by atoms with E-state index in [1.54, 1.807) is 0 Å². The zero-order valence-corrected chi connectivity index (χ0v) is 11.2. The molecule has 0 heterocycles. The largest absolute Gasteiger partial charge is 0.491 e. The van der Waals surface area contributed by atoms with E-state index in [0.29, 0.717) is 19.2 Å². The van der Waals surface area contributed by atoms with E-state index >= 15 is 0 Å². The van der Waals surface area contributed by atoms with Gasteiger partial charge >= 0.3 is 0 Å². The van der Waals surface area contributed by atoms with Gasteiger partial charge in [0.1, 0.15) is 25.0 Å². The quantitative estimate of drug-likeness (QED) is 0.777. The summed E-state index contributed by atoms with van der Waals surface area (Å²) in [5.74, 6) is 0.830. The molecule has 0 amide bonds. The van der Waals surface area contributed by atoms with Crippen LogP contribution in [0.25, 0.3) is 0 Å². The number of ether oxygens (including phenoxy) is 1. The van der Waals surface area contributed by atoms with Crippen LogP contribution in [-0.4, -0.2) is 30.4 Å². The Hall–Kier alpha value is -1.06. The van der Waals surface area contributed by atoms with Gasteiger partial charge in [0.05, 0.1) is 6.04 Å². The molecule has 1 atom stereocenters. The third-order valence-electron chi connectivity index (χ3n) is 2.80. The van der Waals surface area contributed by atoms with Crippen molar-refractivity contribution >= 4 is 0 Å². The van der Waals surface area contributed by atoms with Gasteiger partial charge < -0.3 is 15.2 Å². The van der Waals surface area contributed by atoms with Crippen molar-refractivity contribution in [3.8, 4) is 5.75 Å². The highest BCUT2D eigenvalue weighted by Crippen LogP contribution is 2.16. The van der Waals surface area contributed by atoms with Crippen LogP contribution >= 0.6 is 0 Å². The average Bonchev–Trinajstić information content (AvgIpc) is 2.28. The summed E-state index contributed by atoms with van der Waals surface area (Å²) in [6.45, 7) is 9.39. The second kappa shape index (κ2) is 6.62. The first-order chi connectivity index (χ1) is 7.99. The van der Waals surface area contributed by atoms with Crippen LogP contribution in [-0.2, 0) is 0 Å². The third kappa shape index (κ3) is 5.20. The van der Waals surface area contributed by atoms with Gasteiger partial charge in [-0.2, -0.15) is 0 Å². The van der Waals surface area contributed by atoms with Crippen LogP contribution < -0.4 is 10.1 Å². The van der Waals surface area contributed by atoms with Crippen molar-refractivity contribution in [2.24, 2.45) is 0 Å². The minimum atomic E-state index is -0.418. The van der Waals surface area contributed by atoms with Crippen molar-refractivity contribution in [3.63, 3.8) is 0 Å². The summed E-state index contributed by atoms with van der Waals surface area (Å²) in [6.07, 6.45) is -0.418. The Bertz CT molecular complexity index is 350. The number of aliphatic hydroxyl groups excluding tert-OH is 1. The molecular formula is C14H24NO2+. The molecule has 1 rings (SSSR count). The van der Waals surface area contributed by atoms with E-state index in [-0.39, 0.29) is 0 Å². The predicted octanol–water partition coefficient (Wildman–Crippen LogP) is 1.01. The number of aryl methyl sites for hydroxylation is 2. The van der Waals surface area contributed by atoms with Gasteiger partial charge in [0.2, 0.25) is 0 Å². The van der Waals surface area contributed by atoms with E-state index in [2.05, 4.69) is 33.0 Å². The minimum absolute atomic E-state index is 0.353. The van der Waals surface area contributed by atoms with E-state index in [9.17, 15) is 5.11 Å². The zero-order chi connectivity index (χ0) is 12.8. The smallest absolute Gasteiger partial charge is 0.137 e. The molecule has 0 spiro atoms. The molecule has 0 saturated heterocycles. The van der Waals surface area contributed by atoms with E-state index in [4.69, 9.17) is 4.74 Å². The van der Waals surface area contributed by atoms with Gasteiger partial charge in [0.25, 0.3) is 0 Å². The van der Waals surface area contributed by atoms with Crippen molar-refractivity contribution < 1.29 is 15.2 Å². The summed E-state index contributed by atoms with van der Waals surface area (Å²) in [5, 5.41) is 11.8. The fraction of sp³-hybridized carbons (Fsp3) is 0.571. The number of hydrogen-bond acceptors (Lipinski definition) is 2. The highest BCUT2D eigenvalue weighted by molar-refractivity contribution is 5.33. The normalized spacial score (nSPS) is 12.8. The van der Waals surface area contributed by atoms with E-state index < -0.39 is 6.10 Å². The minimum Gasteiger partial charge on any atom is -0.491 e. The summed E-state index contributed by atoms with van der Waals surface area (Å²) >= 11 is 0. The van der Waals surface area contributed by atoms with Gasteiger partial charge in [-0.25, -0.2) is 0 Å². The summed E-state index contributed by atoms with van der Waals surface area (Å²) < 4.78 is 5.57. The monoisotopic (exact) mass is 238 g/mol. The fourth-order valence-electron chi connectivity index (χ4n) is 1.49. The van der Waals surface area contributed by atoms with Crippen molar-refractivity contribution in [2.75, 3.05) is 13.2 Å². The second-order valence-electron chi connectivity index (χ2n) is 4.93. The second-order valence-corrected chi connectivity index (χ2v) is 4.93. The first-order valence-electron chi connectivity index (χ1n) is 6.20. The number of nitrogens with two attached hydrogens (primary N) is 1. The number of rotatable bonds is 6. The maximum atomic E-state index is 9.73. The summed E-state index contributed by atoms with van der Waals surface area (Å²) in [6, 6.07) is 6.50. The van der Waals surface area contributed by atoms with Crippen molar-refractivity contribution in [1.29, 1.82) is 0 Å². The lowest BCUT2D eigenvalue weighted by Crippen LogP contribution is -2.90. The molecule has 0 aliphatic carbocycles. The molecule has 0 aromatic heterocycles. The summed E-state index contributed by atoms with van der Waals surface area (Å²) in [7, 11) is 0. The van der Waals surface area contributed by atoms with Gasteiger partial charge in [-0.1, -0.05) is 6.07 Å². The van der Waals surface area contributed by atoms with Crippen LogP contribution in [0.15, 0.2) is 18.2 Å². The first kappa shape index (κ1) is 14.0. The van der Waals surface area contributed by atoms with Crippen LogP contribution in [0.2, 0.25) is 0 Å². The molecule has 3 nitrogen and oxygen atoms in total. The molecule has 0 radical (unpaired) electrons. The number of aliphatic hydroxyl groups is 1. The van der Waals surface area contributed by atoms with Crippen molar-refractivity contribution in [3.05, 3.63) is 29.3 Å². The Labute approximate surface area is 104 Å². The Balaban J connectivity index is 2.36. The SMILES string of the molecule is Cc1ccc(OCC(O)C[NH2+]C(C)C)cc1C. The molecule has 0 bridgehead atoms. The molecular weight excluding hydrogens is 214 g/mol. The molecule has 0 fully saturated rings. The Morgan fingerprint density at radius 3 is 2.53 bits per heavy atom. The van der Waals surface area contributed by atoms with Gasteiger partial charge in [-0.3, -0.25) is 0 Å². The topological polar surface area (TPSA) is 46.1 Å². The Kier molecular flexibility index (Phi) is 5.45. The molecule has 3 heteroatoms. The van der Waals surface area contributed by atoms with Crippen LogP contribution in [0.3, 0.4) is 0 Å². The van der Waals surface area contributed by atoms with Crippen LogP contribution in [0.5, 0.6) is 5.75 Å². The third-order valence-corrected chi connectivity index (χ3v) is 2.80. The van der Waals surface area contributed by atoms with Crippen LogP contribution in [0.1, 0.15) is 25.0 Å². The van der Waals surface area contributed by atoms with Gasteiger partial charge in [-0.05, 0) is 51.0 Å². The van der Waals surface area contributed by atoms with Gasteiger partial charge in [0.15, 0.2) is 0 Å². The number of hydrogen-bond donors (Lipinski definition) is 2. The molecule has 3 N–H and O–H groups in total. The first-order valence-corrected chi connectivity index (χ1v) is 6.20. The average molecular weight is 238 g/mol. The molecule has 0 saturated carbocycles. The van der Waals surface area contributed by atoms with Crippen LogP contribution in [0, 0.1) is 13.8 Å². The molecule has 1 aromatic carbocycles. The fourth-order valence-corrected chi connectivity index (χ4v) is 1.49. The van der Waals surface area contributed by atoms with E-state index in [1.807, 2.05) is 18.2 Å². The zero-order valence-electron chi connectivity index (χ0n) is 11.2.